The Morgan fingerprint density at radius 2 is 1.52 bits per heavy atom. The summed E-state index contributed by atoms with van der Waals surface area (Å²) in [5.41, 5.74) is 1.23. The molecule has 0 atom stereocenters. The van der Waals surface area contributed by atoms with E-state index in [2.05, 4.69) is 23.8 Å². The lowest BCUT2D eigenvalue weighted by molar-refractivity contribution is -0.138. The number of amides is 2. The third-order valence-corrected chi connectivity index (χ3v) is 7.68. The van der Waals surface area contributed by atoms with Gasteiger partial charge in [0, 0.05) is 38.6 Å². The molecule has 0 aromatic heterocycles. The predicted molar refractivity (Wildman–Crippen MR) is 121 cm³/mol. The highest BCUT2D eigenvalue weighted by Crippen LogP contribution is 2.24. The van der Waals surface area contributed by atoms with Crippen molar-refractivity contribution in [3.05, 3.63) is 35.9 Å². The number of nitrogens with one attached hydrogen (secondary N) is 1. The smallest absolute Gasteiger partial charge is 0.239 e. The first-order valence-corrected chi connectivity index (χ1v) is 13.1. The van der Waals surface area contributed by atoms with E-state index in [4.69, 9.17) is 0 Å². The van der Waals surface area contributed by atoms with E-state index in [-0.39, 0.29) is 17.9 Å². The van der Waals surface area contributed by atoms with Crippen molar-refractivity contribution in [2.24, 2.45) is 5.92 Å². The minimum atomic E-state index is -3.64. The molecule has 0 unspecified atom stereocenters. The van der Waals surface area contributed by atoms with Crippen LogP contribution in [0.1, 0.15) is 51.0 Å². The van der Waals surface area contributed by atoms with Crippen LogP contribution < -0.4 is 4.72 Å². The molecular weight excluding hydrogens is 414 g/mol. The number of rotatable bonds is 8. The van der Waals surface area contributed by atoms with E-state index in [0.717, 1.165) is 38.5 Å². The molecule has 1 heterocycles. The van der Waals surface area contributed by atoms with Gasteiger partial charge in [-0.15, -0.1) is 0 Å². The van der Waals surface area contributed by atoms with Gasteiger partial charge < -0.3 is 9.80 Å². The van der Waals surface area contributed by atoms with Crippen LogP contribution in [0.4, 0.5) is 0 Å². The second kappa shape index (κ2) is 11.1. The molecule has 1 aromatic rings. The highest BCUT2D eigenvalue weighted by Gasteiger charge is 2.29. The maximum absolute atomic E-state index is 12.5. The number of nitrogens with zero attached hydrogens (tertiary/aromatic N) is 2. The highest BCUT2D eigenvalue weighted by molar-refractivity contribution is 7.90. The molecule has 2 aliphatic rings. The lowest BCUT2D eigenvalue weighted by Gasteiger charge is -2.35. The Bertz CT molecular complexity index is 828. The molecule has 1 aliphatic carbocycles. The van der Waals surface area contributed by atoms with Crippen LogP contribution >= 0.6 is 0 Å². The number of benzene rings is 1. The Balaban J connectivity index is 1.37. The molecule has 0 bridgehead atoms. The lowest BCUT2D eigenvalue weighted by Crippen LogP contribution is -2.52. The van der Waals surface area contributed by atoms with Crippen LogP contribution in [0.3, 0.4) is 0 Å². The van der Waals surface area contributed by atoms with Gasteiger partial charge in [0.05, 0.1) is 0 Å². The predicted octanol–water partition coefficient (Wildman–Crippen LogP) is 2.18. The first kappa shape index (κ1) is 23.7. The van der Waals surface area contributed by atoms with Crippen molar-refractivity contribution in [3.63, 3.8) is 0 Å². The Labute approximate surface area is 186 Å². The van der Waals surface area contributed by atoms with Crippen molar-refractivity contribution in [2.75, 3.05) is 31.9 Å². The number of piperazine rings is 1. The van der Waals surface area contributed by atoms with E-state index in [0.29, 0.717) is 38.5 Å². The van der Waals surface area contributed by atoms with E-state index in [1.165, 1.54) is 5.56 Å². The van der Waals surface area contributed by atoms with Crippen molar-refractivity contribution < 1.29 is 18.0 Å². The summed E-state index contributed by atoms with van der Waals surface area (Å²) in [6, 6.07) is 10.0. The summed E-state index contributed by atoms with van der Waals surface area (Å²) >= 11 is 0. The molecule has 1 aliphatic heterocycles. The van der Waals surface area contributed by atoms with Crippen LogP contribution in [0, 0.1) is 5.92 Å². The Morgan fingerprint density at radius 3 is 2.13 bits per heavy atom. The largest absolute Gasteiger partial charge is 0.339 e. The molecule has 31 heavy (non-hydrogen) atoms. The zero-order chi connectivity index (χ0) is 22.3. The quantitative estimate of drug-likeness (QED) is 0.659. The minimum absolute atomic E-state index is 0.0562. The van der Waals surface area contributed by atoms with Gasteiger partial charge in [-0.3, -0.25) is 9.59 Å². The van der Waals surface area contributed by atoms with E-state index in [1.807, 2.05) is 18.2 Å². The van der Waals surface area contributed by atoms with E-state index < -0.39 is 15.8 Å². The van der Waals surface area contributed by atoms with Crippen LogP contribution in [-0.2, 0) is 26.0 Å². The van der Waals surface area contributed by atoms with Gasteiger partial charge in [0.15, 0.2) is 0 Å². The van der Waals surface area contributed by atoms with Gasteiger partial charge in [0.2, 0.25) is 21.8 Å². The average molecular weight is 450 g/mol. The summed E-state index contributed by atoms with van der Waals surface area (Å²) < 4.78 is 27.5. The van der Waals surface area contributed by atoms with Crippen molar-refractivity contribution >= 4 is 21.8 Å². The van der Waals surface area contributed by atoms with Gasteiger partial charge in [-0.05, 0) is 50.0 Å². The fourth-order valence-corrected chi connectivity index (χ4v) is 5.71. The van der Waals surface area contributed by atoms with Crippen LogP contribution in [0.25, 0.3) is 0 Å². The van der Waals surface area contributed by atoms with E-state index in [9.17, 15) is 18.0 Å². The van der Waals surface area contributed by atoms with E-state index in [1.54, 1.807) is 9.80 Å². The SMILES string of the molecule is CC1CCC(NS(=O)(=O)CC(=O)N2CCN(C(=O)CCCc3ccccc3)CC2)CC1. The standard InChI is InChI=1S/C23H35N3O4S/c1-19-10-12-21(13-11-19)24-31(29,30)18-23(28)26-16-14-25(15-17-26)22(27)9-5-8-20-6-3-2-4-7-20/h2-4,6-7,19,21,24H,5,8-18H2,1H3. The molecule has 7 nitrogen and oxygen atoms in total. The Morgan fingerprint density at radius 1 is 0.935 bits per heavy atom. The van der Waals surface area contributed by atoms with Crippen molar-refractivity contribution in [3.8, 4) is 0 Å². The molecule has 1 N–H and O–H groups in total. The first-order chi connectivity index (χ1) is 14.8. The maximum atomic E-state index is 12.5. The summed E-state index contributed by atoms with van der Waals surface area (Å²) in [5.74, 6) is -0.152. The summed E-state index contributed by atoms with van der Waals surface area (Å²) in [4.78, 5) is 28.3. The number of carbonyl (C=O) groups excluding carboxylic acids is 2. The van der Waals surface area contributed by atoms with Gasteiger partial charge >= 0.3 is 0 Å². The highest BCUT2D eigenvalue weighted by atomic mass is 32.2. The van der Waals surface area contributed by atoms with Crippen molar-refractivity contribution in [1.29, 1.82) is 0 Å². The molecule has 0 radical (unpaired) electrons. The topological polar surface area (TPSA) is 86.8 Å². The summed E-state index contributed by atoms with van der Waals surface area (Å²) in [5, 5.41) is 0. The second-order valence-electron chi connectivity index (χ2n) is 8.93. The van der Waals surface area contributed by atoms with Crippen molar-refractivity contribution in [2.45, 2.75) is 57.9 Å². The van der Waals surface area contributed by atoms with Gasteiger partial charge in [0.25, 0.3) is 0 Å². The molecule has 8 heteroatoms. The fourth-order valence-electron chi connectivity index (χ4n) is 4.38. The monoisotopic (exact) mass is 449 g/mol. The average Bonchev–Trinajstić information content (AvgIpc) is 2.75. The molecule has 1 saturated carbocycles. The molecule has 172 valence electrons. The fraction of sp³-hybridized carbons (Fsp3) is 0.652. The number of hydrogen-bond donors (Lipinski definition) is 1. The maximum Gasteiger partial charge on any atom is 0.239 e. The molecule has 1 aromatic carbocycles. The molecule has 1 saturated heterocycles. The van der Waals surface area contributed by atoms with E-state index >= 15 is 0 Å². The molecular formula is C23H35N3O4S. The van der Waals surface area contributed by atoms with Gasteiger partial charge in [-0.1, -0.05) is 37.3 Å². The summed E-state index contributed by atoms with van der Waals surface area (Å²) in [6.45, 7) is 3.88. The van der Waals surface area contributed by atoms with Gasteiger partial charge in [-0.25, -0.2) is 13.1 Å². The molecule has 0 spiro atoms. The third-order valence-electron chi connectivity index (χ3n) is 6.36. The molecule has 2 fully saturated rings. The number of hydrogen-bond acceptors (Lipinski definition) is 4. The molecule has 2 amide bonds. The van der Waals surface area contributed by atoms with Crippen LogP contribution in [0.15, 0.2) is 30.3 Å². The number of carbonyl (C=O) groups is 2. The Hall–Kier alpha value is -1.93. The number of sulfonamides is 1. The molecule has 3 rings (SSSR count). The summed E-state index contributed by atoms with van der Waals surface area (Å²) in [7, 11) is -3.64. The zero-order valence-electron chi connectivity index (χ0n) is 18.5. The van der Waals surface area contributed by atoms with Crippen LogP contribution in [-0.4, -0.2) is 68.0 Å². The van der Waals surface area contributed by atoms with Crippen LogP contribution in [0.2, 0.25) is 0 Å². The van der Waals surface area contributed by atoms with Crippen LogP contribution in [0.5, 0.6) is 0 Å². The minimum Gasteiger partial charge on any atom is -0.339 e. The number of aryl methyl sites for hydroxylation is 1. The zero-order valence-corrected chi connectivity index (χ0v) is 19.3. The normalized spacial score (nSPS) is 22.4. The third kappa shape index (κ3) is 7.61. The first-order valence-electron chi connectivity index (χ1n) is 11.4. The van der Waals surface area contributed by atoms with Gasteiger partial charge in [0.1, 0.15) is 5.75 Å². The lowest BCUT2D eigenvalue weighted by atomic mass is 9.88. The van der Waals surface area contributed by atoms with Crippen molar-refractivity contribution in [1.82, 2.24) is 14.5 Å². The Kier molecular flexibility index (Phi) is 8.49. The van der Waals surface area contributed by atoms with Gasteiger partial charge in [-0.2, -0.15) is 0 Å². The second-order valence-corrected chi connectivity index (χ2v) is 10.7. The summed E-state index contributed by atoms with van der Waals surface area (Å²) in [6.07, 6.45) is 5.85.